The highest BCUT2D eigenvalue weighted by molar-refractivity contribution is 5.40. The third-order valence-corrected chi connectivity index (χ3v) is 3.15. The number of rotatable bonds is 5. The predicted molar refractivity (Wildman–Crippen MR) is 67.7 cm³/mol. The molecule has 0 amide bonds. The smallest absolute Gasteiger partial charge is 0.136 e. The molecule has 0 aliphatic heterocycles. The Morgan fingerprint density at radius 3 is 2.62 bits per heavy atom. The highest BCUT2D eigenvalue weighted by atomic mass is 15.0. The molecule has 2 rings (SSSR count). The Hall–Kier alpha value is -1.31. The molecule has 0 saturated carbocycles. The lowest BCUT2D eigenvalue weighted by Gasteiger charge is -2.17. The summed E-state index contributed by atoms with van der Waals surface area (Å²) in [4.78, 5) is 4.34. The van der Waals surface area contributed by atoms with E-state index < -0.39 is 0 Å². The molecule has 0 radical (unpaired) electrons. The van der Waals surface area contributed by atoms with Gasteiger partial charge in [-0.05, 0) is 30.9 Å². The highest BCUT2D eigenvalue weighted by Gasteiger charge is 2.12. The van der Waals surface area contributed by atoms with E-state index in [0.717, 1.165) is 5.65 Å². The van der Waals surface area contributed by atoms with E-state index in [9.17, 15) is 0 Å². The standard InChI is InChI=1S/C14H20N2/c1-3-6-12(7-4-2)13-8-5-9-14-15-10-11-16(13)14/h5,8-12H,3-4,6-7H2,1-2H3. The number of pyridine rings is 1. The molecule has 86 valence electrons. The maximum absolute atomic E-state index is 4.34. The normalized spacial score (nSPS) is 11.4. The van der Waals surface area contributed by atoms with Crippen molar-refractivity contribution in [3.63, 3.8) is 0 Å². The summed E-state index contributed by atoms with van der Waals surface area (Å²) in [7, 11) is 0. The van der Waals surface area contributed by atoms with Gasteiger partial charge in [0.2, 0.25) is 0 Å². The second-order valence-corrected chi connectivity index (χ2v) is 4.38. The van der Waals surface area contributed by atoms with Crippen molar-refractivity contribution in [2.45, 2.75) is 45.4 Å². The van der Waals surface area contributed by atoms with Crippen LogP contribution in [0.5, 0.6) is 0 Å². The van der Waals surface area contributed by atoms with E-state index in [2.05, 4.69) is 47.6 Å². The molecule has 2 aromatic rings. The lowest BCUT2D eigenvalue weighted by Crippen LogP contribution is -2.04. The molecule has 0 spiro atoms. The van der Waals surface area contributed by atoms with Gasteiger partial charge in [0.25, 0.3) is 0 Å². The molecule has 0 fully saturated rings. The van der Waals surface area contributed by atoms with Crippen LogP contribution in [0.25, 0.3) is 5.65 Å². The second-order valence-electron chi connectivity index (χ2n) is 4.38. The first-order valence-corrected chi connectivity index (χ1v) is 6.28. The van der Waals surface area contributed by atoms with Crippen molar-refractivity contribution in [3.8, 4) is 0 Å². The van der Waals surface area contributed by atoms with Crippen LogP contribution in [0, 0.1) is 0 Å². The number of fused-ring (bicyclic) bond motifs is 1. The molecule has 2 nitrogen and oxygen atoms in total. The number of imidazole rings is 1. The minimum absolute atomic E-state index is 0.674. The van der Waals surface area contributed by atoms with Crippen molar-refractivity contribution in [1.29, 1.82) is 0 Å². The fourth-order valence-corrected chi connectivity index (χ4v) is 2.44. The molecule has 2 heterocycles. The van der Waals surface area contributed by atoms with E-state index in [1.165, 1.54) is 31.4 Å². The van der Waals surface area contributed by atoms with Gasteiger partial charge >= 0.3 is 0 Å². The molecular weight excluding hydrogens is 196 g/mol. The van der Waals surface area contributed by atoms with Crippen LogP contribution in [-0.2, 0) is 0 Å². The lowest BCUT2D eigenvalue weighted by atomic mass is 9.94. The maximum Gasteiger partial charge on any atom is 0.136 e. The summed E-state index contributed by atoms with van der Waals surface area (Å²) in [5.74, 6) is 0.674. The molecule has 0 unspecified atom stereocenters. The van der Waals surface area contributed by atoms with Crippen LogP contribution in [0.3, 0.4) is 0 Å². The molecule has 0 aromatic carbocycles. The summed E-state index contributed by atoms with van der Waals surface area (Å²) in [6.07, 6.45) is 8.98. The van der Waals surface area contributed by atoms with Gasteiger partial charge in [-0.3, -0.25) is 0 Å². The third-order valence-electron chi connectivity index (χ3n) is 3.15. The van der Waals surface area contributed by atoms with E-state index in [-0.39, 0.29) is 0 Å². The van der Waals surface area contributed by atoms with Gasteiger partial charge in [0.05, 0.1) is 0 Å². The van der Waals surface area contributed by atoms with Gasteiger partial charge in [0.1, 0.15) is 5.65 Å². The van der Waals surface area contributed by atoms with Crippen LogP contribution in [0.15, 0.2) is 30.6 Å². The zero-order valence-corrected chi connectivity index (χ0v) is 10.2. The quantitative estimate of drug-likeness (QED) is 0.738. The Kier molecular flexibility index (Phi) is 3.60. The zero-order valence-electron chi connectivity index (χ0n) is 10.2. The molecule has 16 heavy (non-hydrogen) atoms. The van der Waals surface area contributed by atoms with E-state index >= 15 is 0 Å². The van der Waals surface area contributed by atoms with E-state index in [4.69, 9.17) is 0 Å². The fraction of sp³-hybridized carbons (Fsp3) is 0.500. The topological polar surface area (TPSA) is 17.3 Å². The van der Waals surface area contributed by atoms with Crippen LogP contribution >= 0.6 is 0 Å². The van der Waals surface area contributed by atoms with Crippen molar-refractivity contribution >= 4 is 5.65 Å². The Balaban J connectivity index is 2.38. The summed E-state index contributed by atoms with van der Waals surface area (Å²) in [5, 5.41) is 0. The number of nitrogens with zero attached hydrogens (tertiary/aromatic N) is 2. The molecule has 0 atom stereocenters. The van der Waals surface area contributed by atoms with Crippen molar-refractivity contribution in [3.05, 3.63) is 36.3 Å². The summed E-state index contributed by atoms with van der Waals surface area (Å²) in [6, 6.07) is 6.43. The third kappa shape index (κ3) is 2.11. The van der Waals surface area contributed by atoms with Gasteiger partial charge < -0.3 is 4.40 Å². The van der Waals surface area contributed by atoms with Gasteiger partial charge in [-0.15, -0.1) is 0 Å². The van der Waals surface area contributed by atoms with Gasteiger partial charge in [0, 0.05) is 18.1 Å². The first-order valence-electron chi connectivity index (χ1n) is 6.28. The average Bonchev–Trinajstić information content (AvgIpc) is 2.76. The van der Waals surface area contributed by atoms with Crippen molar-refractivity contribution < 1.29 is 0 Å². The molecular formula is C14H20N2. The Labute approximate surface area is 97.3 Å². The van der Waals surface area contributed by atoms with Gasteiger partial charge in [-0.25, -0.2) is 4.98 Å². The molecule has 0 bridgehead atoms. The number of hydrogen-bond acceptors (Lipinski definition) is 1. The number of aromatic nitrogens is 2. The maximum atomic E-state index is 4.34. The monoisotopic (exact) mass is 216 g/mol. The minimum Gasteiger partial charge on any atom is -0.304 e. The summed E-state index contributed by atoms with van der Waals surface area (Å²) >= 11 is 0. The van der Waals surface area contributed by atoms with E-state index in [1.54, 1.807) is 0 Å². The van der Waals surface area contributed by atoms with Crippen LogP contribution in [0.4, 0.5) is 0 Å². The van der Waals surface area contributed by atoms with Crippen molar-refractivity contribution in [2.24, 2.45) is 0 Å². The van der Waals surface area contributed by atoms with Crippen LogP contribution in [0.2, 0.25) is 0 Å². The SMILES string of the molecule is CCCC(CCC)c1cccc2nccn12. The Bertz CT molecular complexity index is 439. The second kappa shape index (κ2) is 5.15. The number of hydrogen-bond donors (Lipinski definition) is 0. The summed E-state index contributed by atoms with van der Waals surface area (Å²) in [5.41, 5.74) is 2.48. The average molecular weight is 216 g/mol. The van der Waals surface area contributed by atoms with E-state index in [0.29, 0.717) is 5.92 Å². The van der Waals surface area contributed by atoms with Gasteiger partial charge in [0.15, 0.2) is 0 Å². The van der Waals surface area contributed by atoms with Crippen LogP contribution < -0.4 is 0 Å². The summed E-state index contributed by atoms with van der Waals surface area (Å²) < 4.78 is 2.23. The summed E-state index contributed by atoms with van der Waals surface area (Å²) in [6.45, 7) is 4.52. The van der Waals surface area contributed by atoms with Crippen LogP contribution in [-0.4, -0.2) is 9.38 Å². The Morgan fingerprint density at radius 2 is 1.94 bits per heavy atom. The fourth-order valence-electron chi connectivity index (χ4n) is 2.44. The highest BCUT2D eigenvalue weighted by Crippen LogP contribution is 2.26. The molecule has 2 heteroatoms. The predicted octanol–water partition coefficient (Wildman–Crippen LogP) is 4.02. The molecule has 0 aliphatic carbocycles. The lowest BCUT2D eigenvalue weighted by molar-refractivity contribution is 0.543. The zero-order chi connectivity index (χ0) is 11.4. The van der Waals surface area contributed by atoms with Crippen LogP contribution in [0.1, 0.15) is 51.1 Å². The van der Waals surface area contributed by atoms with Crippen molar-refractivity contribution in [1.82, 2.24) is 9.38 Å². The first-order chi connectivity index (χ1) is 7.86. The Morgan fingerprint density at radius 1 is 1.19 bits per heavy atom. The molecule has 2 aromatic heterocycles. The molecule has 0 aliphatic rings. The first kappa shape index (κ1) is 11.2. The molecule has 0 N–H and O–H groups in total. The van der Waals surface area contributed by atoms with Gasteiger partial charge in [-0.2, -0.15) is 0 Å². The van der Waals surface area contributed by atoms with Gasteiger partial charge in [-0.1, -0.05) is 32.8 Å². The minimum atomic E-state index is 0.674. The van der Waals surface area contributed by atoms with Crippen molar-refractivity contribution in [2.75, 3.05) is 0 Å². The molecule has 0 saturated heterocycles. The van der Waals surface area contributed by atoms with E-state index in [1.807, 2.05) is 6.20 Å². The largest absolute Gasteiger partial charge is 0.304 e.